The van der Waals surface area contributed by atoms with E-state index in [9.17, 15) is 4.39 Å². The molecule has 3 heteroatoms. The first-order valence-electron chi connectivity index (χ1n) is 7.34. The molecule has 1 aromatic rings. The average molecular weight is 328 g/mol. The van der Waals surface area contributed by atoms with Gasteiger partial charge in [-0.05, 0) is 62.0 Å². The highest BCUT2D eigenvalue weighted by Crippen LogP contribution is 2.23. The molecule has 1 atom stereocenters. The third-order valence-corrected chi connectivity index (χ3v) is 4.42. The van der Waals surface area contributed by atoms with Gasteiger partial charge in [-0.25, -0.2) is 4.39 Å². The number of nitrogens with zero attached hydrogens (tertiary/aromatic N) is 1. The normalized spacial score (nSPS) is 21.3. The number of benzene rings is 1. The van der Waals surface area contributed by atoms with Crippen molar-refractivity contribution in [2.24, 2.45) is 5.92 Å². The van der Waals surface area contributed by atoms with Gasteiger partial charge in [0, 0.05) is 11.0 Å². The Bertz CT molecular complexity index is 387. The molecule has 106 valence electrons. The lowest BCUT2D eigenvalue weighted by molar-refractivity contribution is 0.271. The van der Waals surface area contributed by atoms with Crippen LogP contribution in [0.4, 0.5) is 4.39 Å². The van der Waals surface area contributed by atoms with Gasteiger partial charge in [0.15, 0.2) is 0 Å². The second kappa shape index (κ2) is 7.39. The largest absolute Gasteiger partial charge is 0.299 e. The number of hydrogen-bond donors (Lipinski definition) is 0. The third kappa shape index (κ3) is 4.88. The molecule has 0 saturated carbocycles. The zero-order valence-electron chi connectivity index (χ0n) is 11.7. The second-order valence-corrected chi connectivity index (χ2v) is 6.56. The van der Waals surface area contributed by atoms with Crippen molar-refractivity contribution in [2.45, 2.75) is 45.6 Å². The minimum Gasteiger partial charge on any atom is -0.299 e. The van der Waals surface area contributed by atoms with Gasteiger partial charge in [0.1, 0.15) is 5.82 Å². The number of rotatable bonds is 4. The molecule has 1 aliphatic heterocycles. The Morgan fingerprint density at radius 3 is 2.84 bits per heavy atom. The molecule has 1 aromatic carbocycles. The van der Waals surface area contributed by atoms with Gasteiger partial charge >= 0.3 is 0 Å². The summed E-state index contributed by atoms with van der Waals surface area (Å²) in [5, 5.41) is 0. The topological polar surface area (TPSA) is 3.24 Å². The molecule has 1 fully saturated rings. The van der Waals surface area contributed by atoms with Crippen molar-refractivity contribution in [3.05, 3.63) is 34.1 Å². The van der Waals surface area contributed by atoms with Crippen LogP contribution in [0.1, 0.15) is 44.6 Å². The van der Waals surface area contributed by atoms with Gasteiger partial charge in [-0.2, -0.15) is 0 Å². The summed E-state index contributed by atoms with van der Waals surface area (Å²) in [6.07, 6.45) is 6.59. The molecule has 0 amide bonds. The van der Waals surface area contributed by atoms with Crippen molar-refractivity contribution >= 4 is 15.9 Å². The highest BCUT2D eigenvalue weighted by molar-refractivity contribution is 9.10. The minimum atomic E-state index is -0.150. The number of halogens is 2. The quantitative estimate of drug-likeness (QED) is 0.752. The van der Waals surface area contributed by atoms with Crippen molar-refractivity contribution in [1.82, 2.24) is 4.90 Å². The maximum Gasteiger partial charge on any atom is 0.124 e. The van der Waals surface area contributed by atoms with Crippen molar-refractivity contribution in [1.29, 1.82) is 0 Å². The van der Waals surface area contributed by atoms with E-state index in [0.717, 1.165) is 35.6 Å². The lowest BCUT2D eigenvalue weighted by Crippen LogP contribution is -2.24. The summed E-state index contributed by atoms with van der Waals surface area (Å²) in [6, 6.07) is 5.19. The lowest BCUT2D eigenvalue weighted by Gasteiger charge is -2.20. The summed E-state index contributed by atoms with van der Waals surface area (Å²) in [5.41, 5.74) is 1.07. The first-order chi connectivity index (χ1) is 9.17. The van der Waals surface area contributed by atoms with E-state index in [-0.39, 0.29) is 5.82 Å². The zero-order chi connectivity index (χ0) is 13.7. The van der Waals surface area contributed by atoms with Crippen LogP contribution in [0, 0.1) is 11.7 Å². The number of hydrogen-bond acceptors (Lipinski definition) is 1. The first kappa shape index (κ1) is 15.0. The molecular weight excluding hydrogens is 305 g/mol. The second-order valence-electron chi connectivity index (χ2n) is 5.64. The van der Waals surface area contributed by atoms with Crippen molar-refractivity contribution in [3.63, 3.8) is 0 Å². The van der Waals surface area contributed by atoms with E-state index in [1.54, 1.807) is 6.07 Å². The van der Waals surface area contributed by atoms with E-state index in [1.807, 2.05) is 6.07 Å². The Balaban J connectivity index is 1.92. The monoisotopic (exact) mass is 327 g/mol. The van der Waals surface area contributed by atoms with Crippen molar-refractivity contribution in [2.75, 3.05) is 13.1 Å². The van der Waals surface area contributed by atoms with Gasteiger partial charge in [-0.1, -0.05) is 35.7 Å². The molecule has 0 aromatic heterocycles. The molecule has 2 rings (SSSR count). The molecule has 1 heterocycles. The third-order valence-electron chi connectivity index (χ3n) is 3.97. The van der Waals surface area contributed by atoms with Gasteiger partial charge in [-0.3, -0.25) is 4.90 Å². The molecule has 0 spiro atoms. The van der Waals surface area contributed by atoms with Crippen LogP contribution in [0.5, 0.6) is 0 Å². The molecule has 0 radical (unpaired) electrons. The smallest absolute Gasteiger partial charge is 0.124 e. The summed E-state index contributed by atoms with van der Waals surface area (Å²) in [6.45, 7) is 5.44. The van der Waals surface area contributed by atoms with Gasteiger partial charge < -0.3 is 0 Å². The van der Waals surface area contributed by atoms with Crippen LogP contribution in [0.25, 0.3) is 0 Å². The van der Waals surface area contributed by atoms with Gasteiger partial charge in [0.2, 0.25) is 0 Å². The van der Waals surface area contributed by atoms with Crippen molar-refractivity contribution < 1.29 is 4.39 Å². The van der Waals surface area contributed by atoms with Crippen LogP contribution in [-0.4, -0.2) is 18.0 Å². The maximum absolute atomic E-state index is 13.4. The van der Waals surface area contributed by atoms with Crippen LogP contribution < -0.4 is 0 Å². The van der Waals surface area contributed by atoms with E-state index < -0.39 is 0 Å². The molecule has 1 saturated heterocycles. The van der Waals surface area contributed by atoms with Crippen LogP contribution in [-0.2, 0) is 6.54 Å². The summed E-state index contributed by atoms with van der Waals surface area (Å²) in [4.78, 5) is 2.47. The van der Waals surface area contributed by atoms with E-state index in [0.29, 0.717) is 0 Å². The van der Waals surface area contributed by atoms with Crippen LogP contribution in [0.2, 0.25) is 0 Å². The van der Waals surface area contributed by atoms with E-state index in [1.165, 1.54) is 38.2 Å². The Hall–Kier alpha value is -0.410. The maximum atomic E-state index is 13.4. The Kier molecular flexibility index (Phi) is 5.83. The predicted octanol–water partition coefficient (Wildman–Crippen LogP) is 4.99. The molecule has 1 nitrogen and oxygen atoms in total. The Morgan fingerprint density at radius 1 is 1.26 bits per heavy atom. The van der Waals surface area contributed by atoms with Crippen molar-refractivity contribution in [3.8, 4) is 0 Å². The van der Waals surface area contributed by atoms with E-state index in [4.69, 9.17) is 0 Å². The highest BCUT2D eigenvalue weighted by Gasteiger charge is 2.16. The van der Waals surface area contributed by atoms with Gasteiger partial charge in [0.05, 0.1) is 0 Å². The fraction of sp³-hybridized carbons (Fsp3) is 0.625. The standard InChI is InChI=1S/C16H23BrFN/c1-2-4-13-5-3-7-19(8-6-13)12-14-9-15(17)11-16(18)10-14/h9-11,13H,2-8,12H2,1H3. The summed E-state index contributed by atoms with van der Waals surface area (Å²) in [7, 11) is 0. The van der Waals surface area contributed by atoms with Crippen LogP contribution >= 0.6 is 15.9 Å². The molecule has 19 heavy (non-hydrogen) atoms. The van der Waals surface area contributed by atoms with E-state index in [2.05, 4.69) is 27.8 Å². The lowest BCUT2D eigenvalue weighted by atomic mass is 9.96. The number of likely N-dealkylation sites (tertiary alicyclic amines) is 1. The molecule has 0 N–H and O–H groups in total. The molecule has 1 aliphatic rings. The Labute approximate surface area is 124 Å². The fourth-order valence-corrected chi connectivity index (χ4v) is 3.55. The highest BCUT2D eigenvalue weighted by atomic mass is 79.9. The Morgan fingerprint density at radius 2 is 2.11 bits per heavy atom. The first-order valence-corrected chi connectivity index (χ1v) is 8.14. The zero-order valence-corrected chi connectivity index (χ0v) is 13.3. The predicted molar refractivity (Wildman–Crippen MR) is 81.6 cm³/mol. The molecule has 0 aliphatic carbocycles. The van der Waals surface area contributed by atoms with Crippen LogP contribution in [0.15, 0.2) is 22.7 Å². The SMILES string of the molecule is CCCC1CCCN(Cc2cc(F)cc(Br)c2)CC1. The molecule has 0 bridgehead atoms. The molecular formula is C16H23BrFN. The summed E-state index contributed by atoms with van der Waals surface area (Å²) < 4.78 is 14.2. The summed E-state index contributed by atoms with van der Waals surface area (Å²) in [5.74, 6) is 0.748. The van der Waals surface area contributed by atoms with Crippen LogP contribution in [0.3, 0.4) is 0 Å². The van der Waals surface area contributed by atoms with Gasteiger partial charge in [-0.15, -0.1) is 0 Å². The average Bonchev–Trinajstić information content (AvgIpc) is 2.54. The molecule has 1 unspecified atom stereocenters. The summed E-state index contributed by atoms with van der Waals surface area (Å²) >= 11 is 3.36. The minimum absolute atomic E-state index is 0.150. The van der Waals surface area contributed by atoms with Gasteiger partial charge in [0.25, 0.3) is 0 Å². The fourth-order valence-electron chi connectivity index (χ4n) is 3.04. The van der Waals surface area contributed by atoms with E-state index >= 15 is 0 Å².